The van der Waals surface area contributed by atoms with E-state index in [2.05, 4.69) is 33.9 Å². The third kappa shape index (κ3) is 6.26. The summed E-state index contributed by atoms with van der Waals surface area (Å²) in [6.45, 7) is 5.12. The molecule has 1 saturated heterocycles. The van der Waals surface area contributed by atoms with Crippen LogP contribution in [0.15, 0.2) is 53.8 Å². The number of rotatable bonds is 10. The number of ether oxygens (including phenoxy) is 1. The van der Waals surface area contributed by atoms with Gasteiger partial charge in [0.05, 0.1) is 12.6 Å². The van der Waals surface area contributed by atoms with Crippen molar-refractivity contribution >= 4 is 22.7 Å². The molecule has 182 valence electrons. The van der Waals surface area contributed by atoms with E-state index in [0.717, 1.165) is 62.0 Å². The zero-order valence-electron chi connectivity index (χ0n) is 20.0. The Balaban J connectivity index is 1.28. The Hall–Kier alpha value is -2.22. The van der Waals surface area contributed by atoms with E-state index in [1.165, 1.54) is 23.4 Å². The van der Waals surface area contributed by atoms with E-state index in [1.54, 1.807) is 19.4 Å². The number of hydrogen-bond donors (Lipinski definition) is 1. The first kappa shape index (κ1) is 24.9. The second kappa shape index (κ2) is 12.0. The third-order valence-corrected chi connectivity index (χ3v) is 7.90. The van der Waals surface area contributed by atoms with Crippen LogP contribution in [0.4, 0.5) is 4.39 Å². The lowest BCUT2D eigenvalue weighted by Gasteiger charge is -2.39. The summed E-state index contributed by atoms with van der Waals surface area (Å²) in [4.78, 5) is 11.1. The first-order chi connectivity index (χ1) is 16.6. The molecule has 1 fully saturated rings. The van der Waals surface area contributed by atoms with Gasteiger partial charge < -0.3 is 14.7 Å². The predicted octanol–water partition coefficient (Wildman–Crippen LogP) is 5.21. The van der Waals surface area contributed by atoms with E-state index >= 15 is 0 Å². The van der Waals surface area contributed by atoms with Crippen molar-refractivity contribution in [3.8, 4) is 5.75 Å². The van der Waals surface area contributed by atoms with E-state index in [-0.39, 0.29) is 23.6 Å². The smallest absolute Gasteiger partial charge is 0.155 e. The highest BCUT2D eigenvalue weighted by atomic mass is 32.2. The van der Waals surface area contributed by atoms with Crippen LogP contribution in [0.1, 0.15) is 31.7 Å². The molecule has 1 aliphatic rings. The first-order valence-corrected chi connectivity index (χ1v) is 13.0. The third-order valence-electron chi connectivity index (χ3n) is 6.82. The van der Waals surface area contributed by atoms with Gasteiger partial charge in [-0.15, -0.1) is 0 Å². The van der Waals surface area contributed by atoms with Gasteiger partial charge in [0.1, 0.15) is 10.8 Å². The number of aliphatic hydroxyl groups is 1. The van der Waals surface area contributed by atoms with Crippen molar-refractivity contribution in [2.75, 3.05) is 33.4 Å². The van der Waals surface area contributed by atoms with E-state index in [4.69, 9.17) is 4.74 Å². The summed E-state index contributed by atoms with van der Waals surface area (Å²) in [5.41, 5.74) is 2.30. The van der Waals surface area contributed by atoms with Gasteiger partial charge in [0.25, 0.3) is 0 Å². The fourth-order valence-electron chi connectivity index (χ4n) is 5.04. The van der Waals surface area contributed by atoms with E-state index in [1.807, 2.05) is 18.3 Å². The molecular formula is C27H34FN3O2S. The molecule has 7 heteroatoms. The lowest BCUT2D eigenvalue weighted by atomic mass is 9.82. The van der Waals surface area contributed by atoms with E-state index in [9.17, 15) is 9.50 Å². The molecule has 5 nitrogen and oxygen atoms in total. The monoisotopic (exact) mass is 483 g/mol. The van der Waals surface area contributed by atoms with Crippen molar-refractivity contribution in [1.82, 2.24) is 14.9 Å². The summed E-state index contributed by atoms with van der Waals surface area (Å²) in [6.07, 6.45) is 7.80. The summed E-state index contributed by atoms with van der Waals surface area (Å²) in [7, 11) is 1.69. The Morgan fingerprint density at radius 3 is 2.88 bits per heavy atom. The summed E-state index contributed by atoms with van der Waals surface area (Å²) in [5.74, 6) is 1.41. The van der Waals surface area contributed by atoms with Gasteiger partial charge in [-0.3, -0.25) is 4.98 Å². The number of methoxy groups -OCH3 is 1. The quantitative estimate of drug-likeness (QED) is 0.400. The number of benzene rings is 1. The highest BCUT2D eigenvalue weighted by molar-refractivity contribution is 7.99. The summed E-state index contributed by atoms with van der Waals surface area (Å²) >= 11 is 1.48. The standard InChI is InChI=1S/C27H34FN3O2S/c1-19(34-27-25(28)7-4-12-30-27)16-31-14-11-20(22(17-31)18-32)5-3-6-21-10-13-29-26-9-8-23(33-2)15-24(21)26/h4,7-10,12-13,15,19-20,22,32H,3,5-6,11,14,16-18H2,1-2H3. The molecule has 1 N–H and O–H groups in total. The van der Waals surface area contributed by atoms with Gasteiger partial charge in [-0.05, 0) is 86.0 Å². The van der Waals surface area contributed by atoms with Crippen LogP contribution in [0.3, 0.4) is 0 Å². The number of aliphatic hydroxyl groups excluding tert-OH is 1. The zero-order valence-corrected chi connectivity index (χ0v) is 20.8. The molecule has 3 heterocycles. The van der Waals surface area contributed by atoms with Crippen molar-refractivity contribution in [2.45, 2.75) is 42.9 Å². The molecule has 34 heavy (non-hydrogen) atoms. The SMILES string of the molecule is COc1ccc2nccc(CCCC3CCN(CC(C)Sc4ncccc4F)CC3CO)c2c1. The summed E-state index contributed by atoms with van der Waals surface area (Å²) < 4.78 is 19.3. The zero-order chi connectivity index (χ0) is 23.9. The average Bonchev–Trinajstić information content (AvgIpc) is 2.86. The highest BCUT2D eigenvalue weighted by Crippen LogP contribution is 2.31. The second-order valence-corrected chi connectivity index (χ2v) is 10.6. The average molecular weight is 484 g/mol. The number of hydrogen-bond acceptors (Lipinski definition) is 6. The Morgan fingerprint density at radius 2 is 2.09 bits per heavy atom. The Bertz CT molecular complexity index is 1080. The Labute approximate surface area is 205 Å². The van der Waals surface area contributed by atoms with Crippen LogP contribution in [-0.4, -0.2) is 58.6 Å². The summed E-state index contributed by atoms with van der Waals surface area (Å²) in [6, 6.07) is 11.2. The molecule has 0 aliphatic carbocycles. The van der Waals surface area contributed by atoms with Crippen LogP contribution in [-0.2, 0) is 6.42 Å². The number of aryl methyl sites for hydroxylation is 1. The second-order valence-electron chi connectivity index (χ2n) is 9.22. The van der Waals surface area contributed by atoms with Crippen LogP contribution in [0.2, 0.25) is 0 Å². The van der Waals surface area contributed by atoms with Crippen LogP contribution in [0.5, 0.6) is 5.75 Å². The Morgan fingerprint density at radius 1 is 1.21 bits per heavy atom. The van der Waals surface area contributed by atoms with Crippen molar-refractivity contribution in [3.05, 3.63) is 60.2 Å². The van der Waals surface area contributed by atoms with Crippen molar-refractivity contribution in [2.24, 2.45) is 11.8 Å². The van der Waals surface area contributed by atoms with Crippen LogP contribution < -0.4 is 4.74 Å². The molecule has 1 aromatic carbocycles. The molecule has 3 unspecified atom stereocenters. The minimum Gasteiger partial charge on any atom is -0.497 e. The Kier molecular flexibility index (Phi) is 8.75. The van der Waals surface area contributed by atoms with Gasteiger partial charge in [0.15, 0.2) is 5.82 Å². The molecule has 3 atom stereocenters. The fraction of sp³-hybridized carbons (Fsp3) is 0.481. The fourth-order valence-corrected chi connectivity index (χ4v) is 6.01. The number of thioether (sulfide) groups is 1. The van der Waals surface area contributed by atoms with Gasteiger partial charge in [0, 0.05) is 42.7 Å². The number of likely N-dealkylation sites (tertiary alicyclic amines) is 1. The van der Waals surface area contributed by atoms with Gasteiger partial charge in [-0.25, -0.2) is 9.37 Å². The van der Waals surface area contributed by atoms with Crippen molar-refractivity contribution in [1.29, 1.82) is 0 Å². The minimum absolute atomic E-state index is 0.215. The van der Waals surface area contributed by atoms with Crippen LogP contribution >= 0.6 is 11.8 Å². The maximum absolute atomic E-state index is 13.9. The van der Waals surface area contributed by atoms with E-state index < -0.39 is 0 Å². The minimum atomic E-state index is -0.258. The largest absolute Gasteiger partial charge is 0.497 e. The molecule has 0 amide bonds. The van der Waals surface area contributed by atoms with Gasteiger partial charge in [-0.1, -0.05) is 18.7 Å². The molecule has 4 rings (SSSR count). The molecule has 0 saturated carbocycles. The molecule has 0 bridgehead atoms. The predicted molar refractivity (Wildman–Crippen MR) is 136 cm³/mol. The molecule has 2 aromatic heterocycles. The maximum Gasteiger partial charge on any atom is 0.155 e. The maximum atomic E-state index is 13.9. The number of nitrogens with zero attached hydrogens (tertiary/aromatic N) is 3. The van der Waals surface area contributed by atoms with Crippen LogP contribution in [0.25, 0.3) is 10.9 Å². The van der Waals surface area contributed by atoms with Gasteiger partial charge in [-0.2, -0.15) is 0 Å². The molecule has 0 radical (unpaired) electrons. The van der Waals surface area contributed by atoms with Gasteiger partial charge in [0.2, 0.25) is 0 Å². The lowest BCUT2D eigenvalue weighted by molar-refractivity contribution is 0.0683. The first-order valence-electron chi connectivity index (χ1n) is 12.1. The molecule has 3 aromatic rings. The highest BCUT2D eigenvalue weighted by Gasteiger charge is 2.29. The van der Waals surface area contributed by atoms with Gasteiger partial charge >= 0.3 is 0 Å². The number of pyridine rings is 2. The molecule has 1 aliphatic heterocycles. The van der Waals surface area contributed by atoms with Crippen molar-refractivity contribution in [3.63, 3.8) is 0 Å². The molecular weight excluding hydrogens is 449 g/mol. The number of fused-ring (bicyclic) bond motifs is 1. The lowest BCUT2D eigenvalue weighted by Crippen LogP contribution is -2.44. The number of halogens is 1. The summed E-state index contributed by atoms with van der Waals surface area (Å²) in [5, 5.41) is 11.9. The van der Waals surface area contributed by atoms with Crippen molar-refractivity contribution < 1.29 is 14.2 Å². The number of piperidine rings is 1. The topological polar surface area (TPSA) is 58.5 Å². The van der Waals surface area contributed by atoms with Crippen LogP contribution in [0, 0.1) is 17.7 Å². The molecule has 0 spiro atoms. The van der Waals surface area contributed by atoms with E-state index in [0.29, 0.717) is 10.9 Å². The normalized spacial score (nSPS) is 19.9. The number of aromatic nitrogens is 2.